The molecule has 80 valence electrons. The lowest BCUT2D eigenvalue weighted by atomic mass is 10.2. The van der Waals surface area contributed by atoms with E-state index in [4.69, 9.17) is 5.73 Å². The number of aromatic nitrogens is 2. The van der Waals surface area contributed by atoms with E-state index in [0.29, 0.717) is 18.1 Å². The summed E-state index contributed by atoms with van der Waals surface area (Å²) in [6, 6.07) is 0. The molecule has 0 radical (unpaired) electrons. The number of aromatic amines is 1. The van der Waals surface area contributed by atoms with Crippen molar-refractivity contribution in [2.24, 2.45) is 4.99 Å². The molecule has 0 spiro atoms. The number of nitrogens with one attached hydrogen (secondary N) is 2. The zero-order valence-electron chi connectivity index (χ0n) is 8.50. The number of nitrogens with zero attached hydrogens (tertiary/aromatic N) is 2. The van der Waals surface area contributed by atoms with Crippen molar-refractivity contribution in [3.8, 4) is 0 Å². The maximum Gasteiger partial charge on any atom is 0.280 e. The molecule has 4 N–H and O–H groups in total. The van der Waals surface area contributed by atoms with Crippen molar-refractivity contribution in [2.75, 3.05) is 17.6 Å². The van der Waals surface area contributed by atoms with E-state index in [0.717, 1.165) is 18.6 Å². The maximum atomic E-state index is 11.5. The second-order valence-electron chi connectivity index (χ2n) is 3.43. The molecule has 0 bridgehead atoms. The summed E-state index contributed by atoms with van der Waals surface area (Å²) in [5.74, 6) is 0.580. The number of rotatable bonds is 2. The molecule has 1 aromatic heterocycles. The van der Waals surface area contributed by atoms with E-state index >= 15 is 0 Å². The van der Waals surface area contributed by atoms with Crippen LogP contribution in [0.1, 0.15) is 19.8 Å². The minimum atomic E-state index is -0.293. The molecular formula is C9H13N5O. The molecule has 1 aliphatic rings. The molecule has 0 unspecified atom stereocenters. The average Bonchev–Trinajstić information content (AvgIpc) is 2.19. The normalized spacial score (nSPS) is 14.1. The summed E-state index contributed by atoms with van der Waals surface area (Å²) in [6.07, 6.45) is 1.90. The van der Waals surface area contributed by atoms with Crippen molar-refractivity contribution in [1.82, 2.24) is 9.97 Å². The summed E-state index contributed by atoms with van der Waals surface area (Å²) in [7, 11) is 0. The fraction of sp³-hybridized carbons (Fsp3) is 0.444. The number of nitrogens with two attached hydrogens (primary N) is 1. The lowest BCUT2D eigenvalue weighted by Gasteiger charge is -2.15. The minimum Gasteiger partial charge on any atom is -0.369 e. The Morgan fingerprint density at radius 2 is 2.33 bits per heavy atom. The molecule has 2 heterocycles. The standard InChI is InChI=1S/C9H13N5O/c1-2-3-5-4-11-7-6(12-5)8(15)14-9(10)13-7/h2-4H2,1H3,(H4,10,11,13,14,15). The molecule has 6 heteroatoms. The Kier molecular flexibility index (Phi) is 2.40. The molecule has 0 saturated heterocycles. The first kappa shape index (κ1) is 9.70. The third kappa shape index (κ3) is 1.83. The van der Waals surface area contributed by atoms with Gasteiger partial charge in [0.2, 0.25) is 5.95 Å². The van der Waals surface area contributed by atoms with E-state index in [1.54, 1.807) is 0 Å². The van der Waals surface area contributed by atoms with Crippen molar-refractivity contribution in [3.63, 3.8) is 0 Å². The van der Waals surface area contributed by atoms with Crippen molar-refractivity contribution < 1.29 is 0 Å². The highest BCUT2D eigenvalue weighted by molar-refractivity contribution is 5.94. The SMILES string of the molecule is CCCC1=Nc2c(nc(N)[nH]c2=O)NC1. The molecule has 0 aromatic carbocycles. The topological polar surface area (TPSA) is 96.2 Å². The highest BCUT2D eigenvalue weighted by atomic mass is 16.1. The zero-order valence-corrected chi connectivity index (χ0v) is 8.50. The molecule has 6 nitrogen and oxygen atoms in total. The first-order valence-corrected chi connectivity index (χ1v) is 4.90. The summed E-state index contributed by atoms with van der Waals surface area (Å²) >= 11 is 0. The maximum absolute atomic E-state index is 11.5. The second-order valence-corrected chi connectivity index (χ2v) is 3.43. The van der Waals surface area contributed by atoms with Gasteiger partial charge in [-0.05, 0) is 6.42 Å². The summed E-state index contributed by atoms with van der Waals surface area (Å²) in [4.78, 5) is 22.2. The van der Waals surface area contributed by atoms with Crippen LogP contribution in [-0.4, -0.2) is 22.2 Å². The Labute approximate surface area is 86.6 Å². The molecule has 0 aliphatic carbocycles. The van der Waals surface area contributed by atoms with Gasteiger partial charge < -0.3 is 11.1 Å². The van der Waals surface area contributed by atoms with Crippen LogP contribution in [0.4, 0.5) is 17.5 Å². The highest BCUT2D eigenvalue weighted by Crippen LogP contribution is 2.22. The smallest absolute Gasteiger partial charge is 0.280 e. The van der Waals surface area contributed by atoms with Crippen LogP contribution in [0, 0.1) is 0 Å². The van der Waals surface area contributed by atoms with Gasteiger partial charge in [0.05, 0.1) is 6.54 Å². The van der Waals surface area contributed by atoms with Crippen molar-refractivity contribution in [3.05, 3.63) is 10.4 Å². The largest absolute Gasteiger partial charge is 0.369 e. The van der Waals surface area contributed by atoms with Gasteiger partial charge in [-0.15, -0.1) is 0 Å². The van der Waals surface area contributed by atoms with Crippen molar-refractivity contribution >= 4 is 23.2 Å². The van der Waals surface area contributed by atoms with Crippen LogP contribution in [0.25, 0.3) is 0 Å². The first-order valence-electron chi connectivity index (χ1n) is 4.90. The number of H-pyrrole nitrogens is 1. The number of anilines is 2. The molecular weight excluding hydrogens is 194 g/mol. The van der Waals surface area contributed by atoms with Crippen LogP contribution in [0.5, 0.6) is 0 Å². The van der Waals surface area contributed by atoms with Crippen LogP contribution in [0.2, 0.25) is 0 Å². The molecule has 1 aliphatic heterocycles. The molecule has 0 fully saturated rings. The average molecular weight is 207 g/mol. The number of hydrogen-bond donors (Lipinski definition) is 3. The fourth-order valence-corrected chi connectivity index (χ4v) is 1.53. The lowest BCUT2D eigenvalue weighted by molar-refractivity contribution is 0.968. The Morgan fingerprint density at radius 3 is 3.07 bits per heavy atom. The van der Waals surface area contributed by atoms with Crippen molar-refractivity contribution in [1.29, 1.82) is 0 Å². The molecule has 15 heavy (non-hydrogen) atoms. The summed E-state index contributed by atoms with van der Waals surface area (Å²) < 4.78 is 0. The van der Waals surface area contributed by atoms with E-state index in [1.165, 1.54) is 0 Å². The van der Waals surface area contributed by atoms with Crippen molar-refractivity contribution in [2.45, 2.75) is 19.8 Å². The molecule has 2 rings (SSSR count). The second kappa shape index (κ2) is 3.72. The molecule has 0 saturated carbocycles. The van der Waals surface area contributed by atoms with E-state index < -0.39 is 0 Å². The van der Waals surface area contributed by atoms with Crippen LogP contribution >= 0.6 is 0 Å². The molecule has 0 atom stereocenters. The molecule has 1 aromatic rings. The van der Waals surface area contributed by atoms with Gasteiger partial charge in [-0.25, -0.2) is 4.99 Å². The Balaban J connectivity index is 2.46. The highest BCUT2D eigenvalue weighted by Gasteiger charge is 2.15. The van der Waals surface area contributed by atoms with Gasteiger partial charge in [0.15, 0.2) is 11.5 Å². The fourth-order valence-electron chi connectivity index (χ4n) is 1.53. The summed E-state index contributed by atoms with van der Waals surface area (Å²) in [5, 5.41) is 3.04. The van der Waals surface area contributed by atoms with E-state index in [9.17, 15) is 4.79 Å². The Morgan fingerprint density at radius 1 is 1.53 bits per heavy atom. The third-order valence-corrected chi connectivity index (χ3v) is 2.18. The van der Waals surface area contributed by atoms with Crippen LogP contribution < -0.4 is 16.6 Å². The Bertz CT molecular complexity index is 462. The van der Waals surface area contributed by atoms with Gasteiger partial charge in [0.1, 0.15) is 0 Å². The quantitative estimate of drug-likeness (QED) is 0.663. The van der Waals surface area contributed by atoms with Gasteiger partial charge in [0, 0.05) is 5.71 Å². The van der Waals surface area contributed by atoms with Gasteiger partial charge in [-0.2, -0.15) is 4.98 Å². The van der Waals surface area contributed by atoms with E-state index in [-0.39, 0.29) is 11.5 Å². The van der Waals surface area contributed by atoms with Crippen LogP contribution in [0.15, 0.2) is 9.79 Å². The Hall–Kier alpha value is -1.85. The third-order valence-electron chi connectivity index (χ3n) is 2.18. The predicted molar refractivity (Wildman–Crippen MR) is 59.8 cm³/mol. The summed E-state index contributed by atoms with van der Waals surface area (Å²) in [5.41, 5.74) is 6.43. The minimum absolute atomic E-state index is 0.111. The lowest BCUT2D eigenvalue weighted by Crippen LogP contribution is -2.23. The van der Waals surface area contributed by atoms with E-state index in [2.05, 4.69) is 27.2 Å². The molecule has 0 amide bonds. The number of hydrogen-bond acceptors (Lipinski definition) is 5. The first-order chi connectivity index (χ1) is 7.20. The van der Waals surface area contributed by atoms with Gasteiger partial charge >= 0.3 is 0 Å². The van der Waals surface area contributed by atoms with E-state index in [1.807, 2.05) is 0 Å². The number of fused-ring (bicyclic) bond motifs is 1. The zero-order chi connectivity index (χ0) is 10.8. The predicted octanol–water partition coefficient (Wildman–Crippen LogP) is 0.650. The van der Waals surface area contributed by atoms with Crippen LogP contribution in [0.3, 0.4) is 0 Å². The number of nitrogen functional groups attached to an aromatic ring is 1. The van der Waals surface area contributed by atoms with Gasteiger partial charge in [0.25, 0.3) is 5.56 Å². The van der Waals surface area contributed by atoms with Gasteiger partial charge in [-0.1, -0.05) is 13.3 Å². The summed E-state index contributed by atoms with van der Waals surface area (Å²) in [6.45, 7) is 2.71. The van der Waals surface area contributed by atoms with Crippen LogP contribution in [-0.2, 0) is 0 Å². The van der Waals surface area contributed by atoms with Gasteiger partial charge in [-0.3, -0.25) is 9.78 Å². The monoisotopic (exact) mass is 207 g/mol. The number of aliphatic imine (C=N–C) groups is 1.